The molecule has 1 aliphatic heterocycles. The maximum Gasteiger partial charge on any atom is 0.407 e. The van der Waals surface area contributed by atoms with Crippen molar-refractivity contribution in [1.29, 1.82) is 0 Å². The molecule has 3 atom stereocenters. The van der Waals surface area contributed by atoms with Gasteiger partial charge in [0.05, 0.1) is 18.9 Å². The zero-order chi connectivity index (χ0) is 31.9. The van der Waals surface area contributed by atoms with E-state index >= 15 is 0 Å². The smallest absolute Gasteiger partial charge is 0.407 e. The number of nitrogens with zero attached hydrogens (tertiary/aromatic N) is 2. The normalized spacial score (nSPS) is 17.6. The van der Waals surface area contributed by atoms with E-state index in [9.17, 15) is 35.9 Å². The molecule has 0 radical (unpaired) electrons. The number of alkyl halides is 3. The molecule has 0 saturated carbocycles. The fraction of sp³-hybridized carbons (Fsp3) is 0.367. The number of halogens is 6. The minimum atomic E-state index is -4.68. The number of benzene rings is 2. The summed E-state index contributed by atoms with van der Waals surface area (Å²) in [5.41, 5.74) is 1.08. The number of amides is 2. The Bertz CT molecular complexity index is 1430. The molecule has 0 aliphatic carbocycles. The van der Waals surface area contributed by atoms with Gasteiger partial charge < -0.3 is 20.5 Å². The monoisotopic (exact) mass is 624 g/mol. The second-order valence-corrected chi connectivity index (χ2v) is 10.4. The number of aromatic nitrogens is 1. The number of morpholine rings is 1. The molecule has 2 aromatic carbocycles. The van der Waals surface area contributed by atoms with Gasteiger partial charge >= 0.3 is 12.3 Å². The average molecular weight is 625 g/mol. The number of hydrogen-bond donors (Lipinski definition) is 3. The minimum absolute atomic E-state index is 0.0521. The topological polar surface area (TPSA) is 104 Å². The van der Waals surface area contributed by atoms with Crippen molar-refractivity contribution < 1.29 is 45.8 Å². The van der Waals surface area contributed by atoms with Gasteiger partial charge in [-0.1, -0.05) is 18.2 Å². The molecule has 2 heterocycles. The van der Waals surface area contributed by atoms with Crippen molar-refractivity contribution in [3.8, 4) is 0 Å². The summed E-state index contributed by atoms with van der Waals surface area (Å²) in [6, 6.07) is 10.3. The molecule has 1 aliphatic rings. The van der Waals surface area contributed by atoms with E-state index in [1.54, 1.807) is 0 Å². The molecule has 1 fully saturated rings. The number of hydrogen-bond acceptors (Lipinski definition) is 5. The number of anilines is 1. The third kappa shape index (κ3) is 9.16. The van der Waals surface area contributed by atoms with Gasteiger partial charge in [0.25, 0.3) is 0 Å². The Hall–Kier alpha value is -4.17. The summed E-state index contributed by atoms with van der Waals surface area (Å²) < 4.78 is 86.9. The van der Waals surface area contributed by atoms with E-state index < -0.39 is 66.8 Å². The summed E-state index contributed by atoms with van der Waals surface area (Å²) >= 11 is 0. The third-order valence-electron chi connectivity index (χ3n) is 7.20. The lowest BCUT2D eigenvalue weighted by atomic mass is 9.88. The molecule has 236 valence electrons. The predicted octanol–water partition coefficient (Wildman–Crippen LogP) is 5.49. The molecular weight excluding hydrogens is 594 g/mol. The second-order valence-electron chi connectivity index (χ2n) is 10.4. The van der Waals surface area contributed by atoms with Gasteiger partial charge in [0.2, 0.25) is 5.91 Å². The molecule has 8 nitrogen and oxygen atoms in total. The first-order chi connectivity index (χ1) is 20.9. The van der Waals surface area contributed by atoms with Crippen LogP contribution in [0, 0.1) is 17.5 Å². The number of carbonyl (C=O) groups excluding carboxylic acids is 1. The molecule has 14 heteroatoms. The van der Waals surface area contributed by atoms with E-state index in [1.165, 1.54) is 54.7 Å². The van der Waals surface area contributed by atoms with Gasteiger partial charge in [0.1, 0.15) is 24.0 Å². The number of rotatable bonds is 11. The number of ether oxygens (including phenoxy) is 1. The average Bonchev–Trinajstić information content (AvgIpc) is 2.96. The van der Waals surface area contributed by atoms with Crippen LogP contribution in [0.15, 0.2) is 60.9 Å². The molecule has 1 aromatic heterocycles. The Morgan fingerprint density at radius 1 is 1.09 bits per heavy atom. The van der Waals surface area contributed by atoms with Gasteiger partial charge in [-0.05, 0) is 54.3 Å². The molecular formula is C30H30F6N4O4. The van der Waals surface area contributed by atoms with Gasteiger partial charge in [0, 0.05) is 48.9 Å². The van der Waals surface area contributed by atoms with Crippen LogP contribution in [0.1, 0.15) is 35.4 Å². The van der Waals surface area contributed by atoms with Gasteiger partial charge in [-0.2, -0.15) is 13.2 Å². The number of nitrogens with one attached hydrogen (secondary N) is 2. The van der Waals surface area contributed by atoms with Crippen LogP contribution in [0.5, 0.6) is 0 Å². The summed E-state index contributed by atoms with van der Waals surface area (Å²) in [7, 11) is 0. The van der Waals surface area contributed by atoms with E-state index in [-0.39, 0.29) is 54.1 Å². The first kappa shape index (κ1) is 32.7. The van der Waals surface area contributed by atoms with Gasteiger partial charge in [0.15, 0.2) is 0 Å². The highest BCUT2D eigenvalue weighted by Crippen LogP contribution is 2.31. The van der Waals surface area contributed by atoms with E-state index in [0.717, 1.165) is 6.20 Å². The van der Waals surface area contributed by atoms with Crippen LogP contribution in [0.25, 0.3) is 0 Å². The Morgan fingerprint density at radius 2 is 1.84 bits per heavy atom. The molecule has 1 saturated heterocycles. The van der Waals surface area contributed by atoms with Crippen LogP contribution >= 0.6 is 0 Å². The highest BCUT2D eigenvalue weighted by molar-refractivity contribution is 5.92. The van der Waals surface area contributed by atoms with Gasteiger partial charge in [-0.25, -0.2) is 18.0 Å². The first-order valence-corrected chi connectivity index (χ1v) is 13.7. The molecule has 0 spiro atoms. The molecule has 3 N–H and O–H groups in total. The lowest BCUT2D eigenvalue weighted by Crippen LogP contribution is -2.53. The maximum absolute atomic E-state index is 14.9. The number of carbonyl (C=O) groups is 2. The summed E-state index contributed by atoms with van der Waals surface area (Å²) in [6.45, 7) is -1.89. The van der Waals surface area contributed by atoms with Crippen molar-refractivity contribution in [3.05, 3.63) is 95.1 Å². The minimum Gasteiger partial charge on any atom is -0.465 e. The Balaban J connectivity index is 1.38. The van der Waals surface area contributed by atoms with Gasteiger partial charge in [-0.15, -0.1) is 0 Å². The van der Waals surface area contributed by atoms with Crippen molar-refractivity contribution in [2.24, 2.45) is 0 Å². The lowest BCUT2D eigenvalue weighted by Gasteiger charge is -2.33. The highest BCUT2D eigenvalue weighted by Gasteiger charge is 2.35. The van der Waals surface area contributed by atoms with Crippen LogP contribution in [-0.2, 0) is 16.0 Å². The van der Waals surface area contributed by atoms with E-state index in [2.05, 4.69) is 15.6 Å². The Kier molecular flexibility index (Phi) is 10.8. The highest BCUT2D eigenvalue weighted by atomic mass is 19.4. The maximum atomic E-state index is 14.9. The standard InChI is InChI=1S/C30H30F6N4O4/c31-19-6-4-18(5-7-19)24(22-10-11-37-14-26(22)33)12-28(41)39-27-3-1-2-25(32)23(27)9-8-21-13-38-20(16-44-21)15-40(29(42)43)17-30(34,35)36/h1-7,10-11,14,20-21,24,38H,8-9,12-13,15-17H2,(H,39,41)(H,42,43)/t20-,21+,24-/m0/s1. The summed E-state index contributed by atoms with van der Waals surface area (Å²) in [6.07, 6.45) is -4.25. The summed E-state index contributed by atoms with van der Waals surface area (Å²) in [5.74, 6) is -3.03. The van der Waals surface area contributed by atoms with Crippen LogP contribution in [-0.4, -0.2) is 71.6 Å². The predicted molar refractivity (Wildman–Crippen MR) is 148 cm³/mol. The molecule has 44 heavy (non-hydrogen) atoms. The summed E-state index contributed by atoms with van der Waals surface area (Å²) in [5, 5.41) is 14.8. The van der Waals surface area contributed by atoms with E-state index in [0.29, 0.717) is 5.56 Å². The third-order valence-corrected chi connectivity index (χ3v) is 7.20. The largest absolute Gasteiger partial charge is 0.465 e. The quantitative estimate of drug-likeness (QED) is 0.244. The molecule has 2 amide bonds. The van der Waals surface area contributed by atoms with Crippen LogP contribution < -0.4 is 10.6 Å². The first-order valence-electron chi connectivity index (χ1n) is 13.7. The van der Waals surface area contributed by atoms with Crippen LogP contribution in [0.3, 0.4) is 0 Å². The number of carboxylic acid groups (broad SMARTS) is 1. The van der Waals surface area contributed by atoms with Crippen molar-refractivity contribution in [2.75, 3.05) is 31.6 Å². The van der Waals surface area contributed by atoms with Crippen LogP contribution in [0.2, 0.25) is 0 Å². The summed E-state index contributed by atoms with van der Waals surface area (Å²) in [4.78, 5) is 28.4. The fourth-order valence-electron chi connectivity index (χ4n) is 5.06. The van der Waals surface area contributed by atoms with Crippen molar-refractivity contribution in [2.45, 2.75) is 43.5 Å². The van der Waals surface area contributed by atoms with E-state index in [1.807, 2.05) is 0 Å². The molecule has 4 rings (SSSR count). The van der Waals surface area contributed by atoms with Crippen molar-refractivity contribution in [3.63, 3.8) is 0 Å². The zero-order valence-electron chi connectivity index (χ0n) is 23.3. The number of pyridine rings is 1. The van der Waals surface area contributed by atoms with E-state index in [4.69, 9.17) is 9.84 Å². The van der Waals surface area contributed by atoms with Crippen LogP contribution in [0.4, 0.5) is 36.8 Å². The second kappa shape index (κ2) is 14.5. The molecule has 3 aromatic rings. The van der Waals surface area contributed by atoms with Crippen molar-refractivity contribution >= 4 is 17.7 Å². The molecule has 0 unspecified atom stereocenters. The Morgan fingerprint density at radius 3 is 2.48 bits per heavy atom. The van der Waals surface area contributed by atoms with Gasteiger partial charge in [-0.3, -0.25) is 14.7 Å². The molecule has 0 bridgehead atoms. The lowest BCUT2D eigenvalue weighted by molar-refractivity contribution is -0.143. The Labute approximate surface area is 249 Å². The fourth-order valence-corrected chi connectivity index (χ4v) is 5.06. The SMILES string of the molecule is O=C(C[C@@H](c1ccc(F)cc1)c1ccncc1F)Nc1cccc(F)c1CC[C@@H]1CN[C@@H](CN(CC(F)(F)F)C(=O)O)CO1. The van der Waals surface area contributed by atoms with Crippen molar-refractivity contribution in [1.82, 2.24) is 15.2 Å². The zero-order valence-corrected chi connectivity index (χ0v) is 23.3.